The van der Waals surface area contributed by atoms with E-state index in [-0.39, 0.29) is 0 Å². The largest absolute Gasteiger partial charge is 0.408 e. The molecule has 2 rings (SSSR count). The summed E-state index contributed by atoms with van der Waals surface area (Å²) in [6, 6.07) is 3.67. The van der Waals surface area contributed by atoms with E-state index in [2.05, 4.69) is 5.10 Å². The summed E-state index contributed by atoms with van der Waals surface area (Å²) >= 11 is 0. The normalized spacial score (nSPS) is 12.3. The molecule has 0 saturated heterocycles. The third kappa shape index (κ3) is 2.40. The standard InChI is InChI=1S/C11H10F4N2/c1-2-9-8-5-7(12)3-4-10(8)17(16-9)6-11(13,14)15/h3-5H,2,6H2,1H3. The van der Waals surface area contributed by atoms with Crippen LogP contribution in [0.4, 0.5) is 17.6 Å². The molecule has 0 radical (unpaired) electrons. The van der Waals surface area contributed by atoms with Crippen LogP contribution in [0.15, 0.2) is 18.2 Å². The molecular weight excluding hydrogens is 236 g/mol. The maximum Gasteiger partial charge on any atom is 0.408 e. The summed E-state index contributed by atoms with van der Waals surface area (Å²) in [6.07, 6.45) is -3.87. The lowest BCUT2D eigenvalue weighted by Crippen LogP contribution is -2.18. The Bertz CT molecular complexity index is 542. The number of hydrogen-bond donors (Lipinski definition) is 0. The number of alkyl halides is 3. The summed E-state index contributed by atoms with van der Waals surface area (Å²) in [6.45, 7) is 0.611. The molecule has 0 atom stereocenters. The van der Waals surface area contributed by atoms with Gasteiger partial charge in [0.1, 0.15) is 12.4 Å². The van der Waals surface area contributed by atoms with Gasteiger partial charge in [0.25, 0.3) is 0 Å². The predicted octanol–water partition coefficient (Wildman–Crippen LogP) is 3.30. The molecule has 0 N–H and O–H groups in total. The van der Waals surface area contributed by atoms with Crippen LogP contribution < -0.4 is 0 Å². The van der Waals surface area contributed by atoms with Crippen molar-refractivity contribution in [1.29, 1.82) is 0 Å². The summed E-state index contributed by atoms with van der Waals surface area (Å²) in [5.41, 5.74) is 0.782. The van der Waals surface area contributed by atoms with Gasteiger partial charge in [-0.15, -0.1) is 0 Å². The molecule has 0 aliphatic rings. The van der Waals surface area contributed by atoms with Crippen molar-refractivity contribution in [2.75, 3.05) is 0 Å². The van der Waals surface area contributed by atoms with Crippen molar-refractivity contribution in [1.82, 2.24) is 9.78 Å². The van der Waals surface area contributed by atoms with Gasteiger partial charge in [-0.2, -0.15) is 18.3 Å². The first-order valence-electron chi connectivity index (χ1n) is 5.12. The van der Waals surface area contributed by atoms with Gasteiger partial charge in [-0.25, -0.2) is 4.39 Å². The number of rotatable bonds is 2. The van der Waals surface area contributed by atoms with E-state index < -0.39 is 18.5 Å². The molecule has 0 fully saturated rings. The third-order valence-electron chi connectivity index (χ3n) is 2.45. The van der Waals surface area contributed by atoms with E-state index in [1.807, 2.05) is 0 Å². The average molecular weight is 246 g/mol. The summed E-state index contributed by atoms with van der Waals surface area (Å²) in [4.78, 5) is 0. The number of nitrogens with zero attached hydrogens (tertiary/aromatic N) is 2. The molecule has 0 spiro atoms. The average Bonchev–Trinajstić information content (AvgIpc) is 2.53. The quantitative estimate of drug-likeness (QED) is 0.743. The van der Waals surface area contributed by atoms with Crippen LogP contribution in [0.2, 0.25) is 0 Å². The van der Waals surface area contributed by atoms with Crippen molar-refractivity contribution in [2.24, 2.45) is 0 Å². The van der Waals surface area contributed by atoms with Crippen LogP contribution in [-0.2, 0) is 13.0 Å². The minimum absolute atomic E-state index is 0.306. The van der Waals surface area contributed by atoms with Crippen molar-refractivity contribution in [3.05, 3.63) is 29.7 Å². The minimum Gasteiger partial charge on any atom is -0.255 e. The van der Waals surface area contributed by atoms with E-state index >= 15 is 0 Å². The molecule has 2 nitrogen and oxygen atoms in total. The molecular formula is C11H10F4N2. The van der Waals surface area contributed by atoms with Crippen LogP contribution in [-0.4, -0.2) is 16.0 Å². The molecule has 0 amide bonds. The van der Waals surface area contributed by atoms with Gasteiger partial charge in [0.05, 0.1) is 11.2 Å². The van der Waals surface area contributed by atoms with Gasteiger partial charge < -0.3 is 0 Å². The van der Waals surface area contributed by atoms with Gasteiger partial charge in [0, 0.05) is 5.39 Å². The van der Waals surface area contributed by atoms with E-state index in [0.29, 0.717) is 23.0 Å². The van der Waals surface area contributed by atoms with Gasteiger partial charge >= 0.3 is 6.18 Å². The maximum atomic E-state index is 13.0. The lowest BCUT2D eigenvalue weighted by molar-refractivity contribution is -0.141. The fourth-order valence-corrected chi connectivity index (χ4v) is 1.77. The molecule has 0 aliphatic carbocycles. The smallest absolute Gasteiger partial charge is 0.255 e. The zero-order valence-corrected chi connectivity index (χ0v) is 9.05. The van der Waals surface area contributed by atoms with E-state index in [1.165, 1.54) is 12.1 Å². The fourth-order valence-electron chi connectivity index (χ4n) is 1.77. The van der Waals surface area contributed by atoms with Crippen molar-refractivity contribution in [2.45, 2.75) is 26.1 Å². The Kier molecular flexibility index (Phi) is 2.81. The molecule has 2 aromatic rings. The van der Waals surface area contributed by atoms with Gasteiger partial charge in [0.2, 0.25) is 0 Å². The van der Waals surface area contributed by atoms with Gasteiger partial charge in [-0.3, -0.25) is 4.68 Å². The first-order chi connectivity index (χ1) is 7.90. The number of fused-ring (bicyclic) bond motifs is 1. The molecule has 0 saturated carbocycles. The van der Waals surface area contributed by atoms with Crippen LogP contribution >= 0.6 is 0 Å². The van der Waals surface area contributed by atoms with E-state index in [1.54, 1.807) is 6.92 Å². The van der Waals surface area contributed by atoms with Crippen LogP contribution in [0.5, 0.6) is 0 Å². The Hall–Kier alpha value is -1.59. The molecule has 1 heterocycles. The summed E-state index contributed by atoms with van der Waals surface area (Å²) in [5.74, 6) is -0.473. The second-order valence-electron chi connectivity index (χ2n) is 3.73. The SMILES string of the molecule is CCc1nn(CC(F)(F)F)c2ccc(F)cc12. The monoisotopic (exact) mass is 246 g/mol. The predicted molar refractivity (Wildman–Crippen MR) is 55.1 cm³/mol. The van der Waals surface area contributed by atoms with Gasteiger partial charge in [-0.1, -0.05) is 6.92 Å². The van der Waals surface area contributed by atoms with Gasteiger partial charge in [-0.05, 0) is 24.6 Å². The topological polar surface area (TPSA) is 17.8 Å². The fraction of sp³-hybridized carbons (Fsp3) is 0.364. The lowest BCUT2D eigenvalue weighted by Gasteiger charge is -2.07. The highest BCUT2D eigenvalue weighted by Crippen LogP contribution is 2.24. The first kappa shape index (κ1) is 11.9. The third-order valence-corrected chi connectivity index (χ3v) is 2.45. The highest BCUT2D eigenvalue weighted by atomic mass is 19.4. The molecule has 0 aliphatic heterocycles. The number of benzene rings is 1. The van der Waals surface area contributed by atoms with Crippen LogP contribution in [0.3, 0.4) is 0 Å². The molecule has 6 heteroatoms. The summed E-state index contributed by atoms with van der Waals surface area (Å²) in [5, 5.41) is 4.31. The summed E-state index contributed by atoms with van der Waals surface area (Å²) < 4.78 is 50.9. The number of aromatic nitrogens is 2. The lowest BCUT2D eigenvalue weighted by atomic mass is 10.2. The van der Waals surface area contributed by atoms with Crippen LogP contribution in [0, 0.1) is 5.82 Å². The van der Waals surface area contributed by atoms with E-state index in [4.69, 9.17) is 0 Å². The van der Waals surface area contributed by atoms with Crippen molar-refractivity contribution >= 4 is 10.9 Å². The maximum absolute atomic E-state index is 13.0. The first-order valence-corrected chi connectivity index (χ1v) is 5.12. The second-order valence-corrected chi connectivity index (χ2v) is 3.73. The highest BCUT2D eigenvalue weighted by molar-refractivity contribution is 5.82. The zero-order chi connectivity index (χ0) is 12.6. The number of aryl methyl sites for hydroxylation is 1. The Morgan fingerprint density at radius 2 is 2.00 bits per heavy atom. The highest BCUT2D eigenvalue weighted by Gasteiger charge is 2.29. The van der Waals surface area contributed by atoms with Crippen LogP contribution in [0.25, 0.3) is 10.9 Å². The molecule has 17 heavy (non-hydrogen) atoms. The number of hydrogen-bond acceptors (Lipinski definition) is 1. The zero-order valence-electron chi connectivity index (χ0n) is 9.05. The van der Waals surface area contributed by atoms with E-state index in [0.717, 1.165) is 10.7 Å². The van der Waals surface area contributed by atoms with Crippen LogP contribution in [0.1, 0.15) is 12.6 Å². The van der Waals surface area contributed by atoms with Crippen molar-refractivity contribution < 1.29 is 17.6 Å². The molecule has 1 aromatic carbocycles. The molecule has 0 bridgehead atoms. The molecule has 92 valence electrons. The van der Waals surface area contributed by atoms with Crippen molar-refractivity contribution in [3.8, 4) is 0 Å². The molecule has 0 unspecified atom stereocenters. The Morgan fingerprint density at radius 1 is 1.29 bits per heavy atom. The van der Waals surface area contributed by atoms with Crippen molar-refractivity contribution in [3.63, 3.8) is 0 Å². The van der Waals surface area contributed by atoms with E-state index in [9.17, 15) is 17.6 Å². The summed E-state index contributed by atoms with van der Waals surface area (Å²) in [7, 11) is 0. The Morgan fingerprint density at radius 3 is 2.59 bits per heavy atom. The molecule has 1 aromatic heterocycles. The number of halogens is 4. The van der Waals surface area contributed by atoms with Gasteiger partial charge in [0.15, 0.2) is 0 Å². The Balaban J connectivity index is 2.57. The second kappa shape index (κ2) is 4.01. The minimum atomic E-state index is -4.33. The Labute approximate surface area is 94.8 Å².